The fraction of sp³-hybridized carbons (Fsp3) is 0. The number of benzene rings is 10. The van der Waals surface area contributed by atoms with Crippen molar-refractivity contribution in [1.82, 2.24) is 14.6 Å². The predicted molar refractivity (Wildman–Crippen MR) is 265 cm³/mol. The van der Waals surface area contributed by atoms with E-state index in [9.17, 15) is 0 Å². The lowest BCUT2D eigenvalue weighted by Crippen LogP contribution is -1.90. The van der Waals surface area contributed by atoms with Gasteiger partial charge in [-0.3, -0.25) is 4.40 Å². The summed E-state index contributed by atoms with van der Waals surface area (Å²) in [7, 11) is 0. The summed E-state index contributed by atoms with van der Waals surface area (Å²) in [5.41, 5.74) is 15.1. The van der Waals surface area contributed by atoms with Crippen LogP contribution in [0.3, 0.4) is 0 Å². The molecular weight excluding hydrogens is 779 g/mol. The SMILES string of the molecule is c1ccc2c(-c3ccc(-c4ccc5oc6c(-c7ccc(-c8nnc9c%10ccccc%10ccn89)cc7)cc(-c7ccc(-c8cccc9ccccc89)cc7)cc6c5c4)cc3)cccc2c1. The first-order valence-electron chi connectivity index (χ1n) is 21.7. The summed E-state index contributed by atoms with van der Waals surface area (Å²) in [6, 6.07) is 78.3. The maximum absolute atomic E-state index is 6.83. The van der Waals surface area contributed by atoms with Crippen LogP contribution >= 0.6 is 0 Å². The fourth-order valence-corrected chi connectivity index (χ4v) is 9.69. The lowest BCUT2D eigenvalue weighted by Gasteiger charge is -2.11. The van der Waals surface area contributed by atoms with Crippen molar-refractivity contribution in [2.24, 2.45) is 0 Å². The standard InChI is InChI=1S/C60H37N3O/c1-4-14-49-40(9-1)12-7-17-51(49)43-23-19-38(20-24-43)47-31-32-57-55(35-47)56-37-48(39-21-25-44(26-22-39)52-18-8-13-41-10-2-5-15-50(41)52)36-54(58(56)64-57)45-27-29-46(30-28-45)59-61-62-60-53-16-6-3-11-42(53)33-34-63(59)60/h1-37H. The molecule has 0 atom stereocenters. The molecule has 3 aromatic heterocycles. The van der Waals surface area contributed by atoms with Crippen molar-refractivity contribution >= 4 is 59.9 Å². The van der Waals surface area contributed by atoms with Crippen LogP contribution < -0.4 is 0 Å². The van der Waals surface area contributed by atoms with Gasteiger partial charge < -0.3 is 4.42 Å². The highest BCUT2D eigenvalue weighted by Gasteiger charge is 2.18. The monoisotopic (exact) mass is 815 g/mol. The van der Waals surface area contributed by atoms with Gasteiger partial charge in [0.2, 0.25) is 0 Å². The van der Waals surface area contributed by atoms with Gasteiger partial charge in [-0.1, -0.05) is 188 Å². The molecule has 0 spiro atoms. The number of aromatic nitrogens is 3. The van der Waals surface area contributed by atoms with Crippen LogP contribution in [0.25, 0.3) is 127 Å². The van der Waals surface area contributed by atoms with E-state index in [0.717, 1.165) is 83.1 Å². The minimum atomic E-state index is 0.805. The largest absolute Gasteiger partial charge is 0.455 e. The third-order valence-electron chi connectivity index (χ3n) is 13.0. The van der Waals surface area contributed by atoms with E-state index in [0.29, 0.717) is 0 Å². The summed E-state index contributed by atoms with van der Waals surface area (Å²) in [4.78, 5) is 0. The zero-order valence-electron chi connectivity index (χ0n) is 34.6. The van der Waals surface area contributed by atoms with Gasteiger partial charge in [-0.25, -0.2) is 0 Å². The van der Waals surface area contributed by atoms with E-state index in [4.69, 9.17) is 4.42 Å². The molecule has 3 heterocycles. The highest BCUT2D eigenvalue weighted by molar-refractivity contribution is 6.12. The third kappa shape index (κ3) is 5.92. The molecule has 0 aliphatic carbocycles. The number of rotatable bonds is 6. The normalized spacial score (nSPS) is 11.8. The highest BCUT2D eigenvalue weighted by atomic mass is 16.3. The van der Waals surface area contributed by atoms with Crippen LogP contribution in [0.4, 0.5) is 0 Å². The van der Waals surface area contributed by atoms with Gasteiger partial charge in [-0.05, 0) is 107 Å². The molecule has 0 fully saturated rings. The minimum absolute atomic E-state index is 0.805. The van der Waals surface area contributed by atoms with E-state index in [1.54, 1.807) is 0 Å². The van der Waals surface area contributed by atoms with Crippen LogP contribution in [0.15, 0.2) is 229 Å². The average Bonchev–Trinajstić information content (AvgIpc) is 3.98. The van der Waals surface area contributed by atoms with Crippen molar-refractivity contribution in [2.75, 3.05) is 0 Å². The molecule has 0 radical (unpaired) electrons. The van der Waals surface area contributed by atoms with Crippen molar-refractivity contribution < 1.29 is 4.42 Å². The Morgan fingerprint density at radius 2 is 0.797 bits per heavy atom. The second-order valence-corrected chi connectivity index (χ2v) is 16.6. The van der Waals surface area contributed by atoms with E-state index in [1.807, 2.05) is 6.07 Å². The van der Waals surface area contributed by atoms with Crippen LogP contribution in [-0.2, 0) is 0 Å². The van der Waals surface area contributed by atoms with Gasteiger partial charge in [0.1, 0.15) is 11.2 Å². The van der Waals surface area contributed by atoms with Crippen LogP contribution in [0.1, 0.15) is 0 Å². The Hall–Kier alpha value is -8.60. The molecule has 64 heavy (non-hydrogen) atoms. The summed E-state index contributed by atoms with van der Waals surface area (Å²) >= 11 is 0. The predicted octanol–water partition coefficient (Wildman–Crippen LogP) is 16.1. The molecule has 298 valence electrons. The van der Waals surface area contributed by atoms with Crippen LogP contribution in [0, 0.1) is 0 Å². The van der Waals surface area contributed by atoms with Crippen LogP contribution in [-0.4, -0.2) is 14.6 Å². The Morgan fingerprint density at radius 3 is 1.44 bits per heavy atom. The Kier molecular flexibility index (Phi) is 8.18. The third-order valence-corrected chi connectivity index (χ3v) is 13.0. The molecule has 0 saturated carbocycles. The minimum Gasteiger partial charge on any atom is -0.455 e. The molecule has 0 aliphatic rings. The van der Waals surface area contributed by atoms with Gasteiger partial charge in [0, 0.05) is 33.5 Å². The first-order chi connectivity index (χ1) is 31.7. The Morgan fingerprint density at radius 1 is 0.312 bits per heavy atom. The topological polar surface area (TPSA) is 43.3 Å². The second-order valence-electron chi connectivity index (χ2n) is 16.6. The van der Waals surface area contributed by atoms with Gasteiger partial charge >= 0.3 is 0 Å². The van der Waals surface area contributed by atoms with Gasteiger partial charge in [-0.2, -0.15) is 0 Å². The van der Waals surface area contributed by atoms with E-state index in [1.165, 1.54) is 43.8 Å². The molecular formula is C60H37N3O. The summed E-state index contributed by atoms with van der Waals surface area (Å²) in [6.07, 6.45) is 2.06. The summed E-state index contributed by atoms with van der Waals surface area (Å²) in [6.45, 7) is 0. The number of pyridine rings is 1. The summed E-state index contributed by atoms with van der Waals surface area (Å²) in [5, 5.41) is 18.6. The summed E-state index contributed by atoms with van der Waals surface area (Å²) < 4.78 is 8.91. The second kappa shape index (κ2) is 14.5. The van der Waals surface area contributed by atoms with Gasteiger partial charge in [0.05, 0.1) is 0 Å². The number of hydrogen-bond donors (Lipinski definition) is 0. The van der Waals surface area contributed by atoms with E-state index >= 15 is 0 Å². The zero-order valence-corrected chi connectivity index (χ0v) is 34.6. The van der Waals surface area contributed by atoms with Crippen molar-refractivity contribution in [3.8, 4) is 67.0 Å². The molecule has 0 N–H and O–H groups in total. The molecule has 0 unspecified atom stereocenters. The number of nitrogens with zero attached hydrogens (tertiary/aromatic N) is 3. The quantitative estimate of drug-likeness (QED) is 0.168. The number of fused-ring (bicyclic) bond motifs is 8. The molecule has 0 amide bonds. The highest BCUT2D eigenvalue weighted by Crippen LogP contribution is 2.42. The first-order valence-corrected chi connectivity index (χ1v) is 21.7. The first kappa shape index (κ1) is 36.1. The van der Waals surface area contributed by atoms with Gasteiger partial charge in [0.25, 0.3) is 0 Å². The Labute approximate surface area is 369 Å². The lowest BCUT2D eigenvalue weighted by atomic mass is 9.93. The number of furan rings is 1. The molecule has 10 aromatic carbocycles. The number of hydrogen-bond acceptors (Lipinski definition) is 3. The smallest absolute Gasteiger partial charge is 0.168 e. The molecule has 13 rings (SSSR count). The average molecular weight is 816 g/mol. The Bertz CT molecular complexity index is 3920. The molecule has 4 nitrogen and oxygen atoms in total. The molecule has 0 bridgehead atoms. The summed E-state index contributed by atoms with van der Waals surface area (Å²) in [5.74, 6) is 0.805. The van der Waals surface area contributed by atoms with Crippen molar-refractivity contribution in [1.29, 1.82) is 0 Å². The van der Waals surface area contributed by atoms with Crippen LogP contribution in [0.2, 0.25) is 0 Å². The van der Waals surface area contributed by atoms with Crippen molar-refractivity contribution in [3.05, 3.63) is 225 Å². The van der Waals surface area contributed by atoms with Crippen LogP contribution in [0.5, 0.6) is 0 Å². The molecule has 13 aromatic rings. The Balaban J connectivity index is 0.927. The molecule has 0 aliphatic heterocycles. The van der Waals surface area contributed by atoms with Gasteiger partial charge in [-0.15, -0.1) is 10.2 Å². The van der Waals surface area contributed by atoms with Crippen molar-refractivity contribution in [2.45, 2.75) is 0 Å². The van der Waals surface area contributed by atoms with E-state index in [-0.39, 0.29) is 0 Å². The zero-order chi connectivity index (χ0) is 42.1. The maximum Gasteiger partial charge on any atom is 0.168 e. The van der Waals surface area contributed by atoms with Crippen molar-refractivity contribution in [3.63, 3.8) is 0 Å². The molecule has 4 heteroatoms. The van der Waals surface area contributed by atoms with Gasteiger partial charge in [0.15, 0.2) is 11.5 Å². The van der Waals surface area contributed by atoms with E-state index in [2.05, 4.69) is 233 Å². The lowest BCUT2D eigenvalue weighted by molar-refractivity contribution is 0.670. The van der Waals surface area contributed by atoms with E-state index < -0.39 is 0 Å². The molecule has 0 saturated heterocycles. The fourth-order valence-electron chi connectivity index (χ4n) is 9.69. The maximum atomic E-state index is 6.83.